The normalized spacial score (nSPS) is 34.3. The van der Waals surface area contributed by atoms with Crippen LogP contribution in [0.5, 0.6) is 0 Å². The van der Waals surface area contributed by atoms with Gasteiger partial charge in [0.05, 0.1) is 25.9 Å². The van der Waals surface area contributed by atoms with Crippen molar-refractivity contribution in [2.45, 2.75) is 133 Å². The van der Waals surface area contributed by atoms with Gasteiger partial charge in [-0.3, -0.25) is 13.9 Å². The molecule has 27 heteroatoms. The third kappa shape index (κ3) is 14.4. The van der Waals surface area contributed by atoms with Crippen LogP contribution >= 0.6 is 15.2 Å². The zero-order valence-electron chi connectivity index (χ0n) is 36.8. The summed E-state index contributed by atoms with van der Waals surface area (Å²) < 4.78 is 32.2. The minimum atomic E-state index is -4.82. The van der Waals surface area contributed by atoms with Crippen molar-refractivity contribution >= 4 is 32.6 Å². The molecule has 374 valence electrons. The highest BCUT2D eigenvalue weighted by Crippen LogP contribution is 2.61. The zero-order valence-corrected chi connectivity index (χ0v) is 38.6. The van der Waals surface area contributed by atoms with Crippen LogP contribution in [0.25, 0.3) is 0 Å². The van der Waals surface area contributed by atoms with Crippen LogP contribution in [-0.2, 0) is 25.1 Å². The smallest absolute Gasteiger partial charge is 0.433 e. The number of rotatable bonds is 11. The molecule has 17 N–H and O–H groups in total. The topological polar surface area (TPSA) is 438 Å². The second-order valence-electron chi connectivity index (χ2n) is 19.4. The number of hydrogen-bond donors (Lipinski definition) is 13. The molecule has 9 fully saturated rings. The molecule has 2 aromatic rings. The maximum absolute atomic E-state index is 11.4. The SMILES string of the molecule is CC(N)C12CC3CC(CC(C3)C1)C2.NC(=O)c1ncn([C@@H]2O[C@H](CO)[C@@H](O)[C@H]2O)n1.NC12CC3CC(CC(C3)C1)C2.Nc1ccn(C[C@@H](CO)OCP(=O)(O)O)c(=O)n1.O=C(O)P(=O)(O)O. The highest BCUT2D eigenvalue weighted by atomic mass is 31.2. The minimum absolute atomic E-state index is 0.0629. The Labute approximate surface area is 380 Å². The molecule has 0 aromatic carbocycles. The fourth-order valence-corrected chi connectivity index (χ4v) is 12.1. The molecule has 8 saturated carbocycles. The van der Waals surface area contributed by atoms with Crippen molar-refractivity contribution < 1.29 is 73.3 Å². The van der Waals surface area contributed by atoms with E-state index in [0.29, 0.717) is 17.0 Å². The van der Waals surface area contributed by atoms with Gasteiger partial charge in [0.25, 0.3) is 5.91 Å². The molecule has 0 spiro atoms. The molecule has 2 aromatic heterocycles. The van der Waals surface area contributed by atoms with E-state index in [2.05, 4.69) is 22.0 Å². The lowest BCUT2D eigenvalue weighted by molar-refractivity contribution is -0.0637. The van der Waals surface area contributed by atoms with E-state index in [1.807, 2.05) is 0 Å². The van der Waals surface area contributed by atoms with Crippen LogP contribution in [0.1, 0.15) is 101 Å². The van der Waals surface area contributed by atoms with Crippen LogP contribution < -0.4 is 28.6 Å². The van der Waals surface area contributed by atoms with E-state index in [4.69, 9.17) is 67.3 Å². The van der Waals surface area contributed by atoms with Crippen molar-refractivity contribution in [1.29, 1.82) is 0 Å². The van der Waals surface area contributed by atoms with Crippen LogP contribution in [0.2, 0.25) is 0 Å². The van der Waals surface area contributed by atoms with Crippen LogP contribution in [0.4, 0.5) is 10.6 Å². The molecular formula is C39H67N9O16P2. The van der Waals surface area contributed by atoms with Crippen LogP contribution in [0.3, 0.4) is 0 Å². The summed E-state index contributed by atoms with van der Waals surface area (Å²) in [5.41, 5.74) is 20.9. The van der Waals surface area contributed by atoms with Crippen molar-refractivity contribution in [3.8, 4) is 0 Å². The van der Waals surface area contributed by atoms with Gasteiger partial charge in [-0.25, -0.2) is 23.8 Å². The van der Waals surface area contributed by atoms with E-state index < -0.39 is 82.7 Å². The van der Waals surface area contributed by atoms with Gasteiger partial charge in [0.1, 0.15) is 36.8 Å². The van der Waals surface area contributed by atoms with Crippen molar-refractivity contribution in [2.75, 3.05) is 25.3 Å². The van der Waals surface area contributed by atoms with Crippen molar-refractivity contribution in [3.05, 3.63) is 34.9 Å². The molecule has 8 bridgehead atoms. The Bertz CT molecular complexity index is 2040. The Balaban J connectivity index is 0.000000159. The maximum Gasteiger partial charge on any atom is 0.433 e. The van der Waals surface area contributed by atoms with Crippen LogP contribution in [0.15, 0.2) is 23.4 Å². The van der Waals surface area contributed by atoms with Gasteiger partial charge in [-0.1, -0.05) is 0 Å². The second-order valence-corrected chi connectivity index (χ2v) is 22.4. The van der Waals surface area contributed by atoms with Crippen molar-refractivity contribution in [2.24, 2.45) is 58.1 Å². The summed E-state index contributed by atoms with van der Waals surface area (Å²) in [5.74, 6) is 5.25. The number of nitrogens with zero attached hydrogens (tertiary/aromatic N) is 5. The number of hydrogen-bond acceptors (Lipinski definition) is 17. The number of anilines is 1. The number of primary amides is 1. The van der Waals surface area contributed by atoms with Crippen molar-refractivity contribution in [1.82, 2.24) is 24.3 Å². The molecule has 1 unspecified atom stereocenters. The number of ether oxygens (including phenoxy) is 2. The predicted molar refractivity (Wildman–Crippen MR) is 233 cm³/mol. The van der Waals surface area contributed by atoms with E-state index in [1.54, 1.807) is 0 Å². The van der Waals surface area contributed by atoms with Gasteiger partial charge in [-0.15, -0.1) is 5.10 Å². The minimum Gasteiger partial charge on any atom is -0.472 e. The average molecular weight is 980 g/mol. The van der Waals surface area contributed by atoms with E-state index in [1.165, 1.54) is 89.3 Å². The number of aliphatic hydroxyl groups is 4. The lowest BCUT2D eigenvalue weighted by Crippen LogP contribution is -2.55. The standard InChI is InChI=1S/C12H21N.C10H17N.C8H12N4O5.C8H14N3O6P.CH3O5P/c1-8(13)12-5-9-2-10(6-12)4-11(3-9)7-12;11-10-4-7-1-8(5-10)3-9(2-7)6-10;9-6(16)7-10-2-12(11-7)8-5(15)4(14)3(1-13)17-8;9-7-1-2-11(8(13)10-7)3-6(4-12)17-5-18(14,15)16;2-1(3)7(4,5)6/h8-11H,2-7,13H2,1H3;7-9H,1-6,11H2;2-5,8,13-15H,1H2,(H2,9,16);1-2,6,12H,3-5H2,(H2,9,10,13)(H2,14,15,16);(H,2,3)(H2,4,5,6)/t;;3-,4-,5-,8-;6-;/m..10./s1. The fourth-order valence-electron chi connectivity index (χ4n) is 11.7. The number of carbonyl (C=O) groups excluding carboxylic acids is 1. The highest BCUT2D eigenvalue weighted by molar-refractivity contribution is 7.69. The number of carboxylic acid groups (broad SMARTS) is 1. The van der Waals surface area contributed by atoms with Gasteiger partial charge in [-0.05, 0) is 131 Å². The summed E-state index contributed by atoms with van der Waals surface area (Å²) in [6, 6.07) is 1.83. The quantitative estimate of drug-likeness (QED) is 0.128. The second kappa shape index (κ2) is 22.0. The molecule has 0 radical (unpaired) electrons. The number of nitrogen functional groups attached to an aromatic ring is 1. The van der Waals surface area contributed by atoms with Gasteiger partial charge in [0.2, 0.25) is 5.82 Å². The van der Waals surface area contributed by atoms with Crippen molar-refractivity contribution in [3.63, 3.8) is 0 Å². The van der Waals surface area contributed by atoms with Gasteiger partial charge >= 0.3 is 26.6 Å². The molecule has 1 aliphatic heterocycles. The molecule has 3 heterocycles. The highest BCUT2D eigenvalue weighted by Gasteiger charge is 2.52. The summed E-state index contributed by atoms with van der Waals surface area (Å²) in [7, 11) is -9.13. The molecule has 6 atom stereocenters. The summed E-state index contributed by atoms with van der Waals surface area (Å²) in [5, 5.41) is 48.3. The third-order valence-electron chi connectivity index (χ3n) is 13.9. The first-order chi connectivity index (χ1) is 30.7. The monoisotopic (exact) mass is 979 g/mol. The lowest BCUT2D eigenvalue weighted by atomic mass is 9.48. The average Bonchev–Trinajstić information content (AvgIpc) is 3.80. The van der Waals surface area contributed by atoms with Gasteiger partial charge in [-0.2, -0.15) is 4.98 Å². The zero-order chi connectivity index (χ0) is 48.9. The first-order valence-corrected chi connectivity index (χ1v) is 25.4. The Morgan fingerprint density at radius 1 is 0.909 bits per heavy atom. The number of carbonyl (C=O) groups is 2. The first kappa shape index (κ1) is 53.7. The third-order valence-corrected chi connectivity index (χ3v) is 14.9. The molecule has 1 amide bonds. The largest absolute Gasteiger partial charge is 0.472 e. The summed E-state index contributed by atoms with van der Waals surface area (Å²) in [6.45, 7) is 1.23. The van der Waals surface area contributed by atoms with Crippen LogP contribution in [0, 0.1) is 40.9 Å². The lowest BCUT2D eigenvalue weighted by Gasteiger charge is -2.58. The summed E-state index contributed by atoms with van der Waals surface area (Å²) in [4.78, 5) is 71.0. The number of amides is 1. The predicted octanol–water partition coefficient (Wildman–Crippen LogP) is -0.367. The van der Waals surface area contributed by atoms with E-state index in [0.717, 1.165) is 51.1 Å². The number of aromatic nitrogens is 5. The van der Waals surface area contributed by atoms with Gasteiger partial charge in [0, 0.05) is 17.8 Å². The Morgan fingerprint density at radius 2 is 1.39 bits per heavy atom. The summed E-state index contributed by atoms with van der Waals surface area (Å²) in [6.07, 6.45) is 13.9. The molecule has 1 saturated heterocycles. The molecule has 11 rings (SSSR count). The fraction of sp³-hybridized carbons (Fsp3) is 0.795. The Hall–Kier alpha value is -3.26. The van der Waals surface area contributed by atoms with Crippen LogP contribution in [-0.4, -0.2) is 137 Å². The molecular weight excluding hydrogens is 912 g/mol. The Kier molecular flexibility index (Phi) is 17.9. The number of aliphatic hydroxyl groups excluding tert-OH is 4. The maximum atomic E-state index is 11.4. The van der Waals surface area contributed by atoms with Gasteiger partial charge in [0.15, 0.2) is 6.23 Å². The Morgan fingerprint density at radius 3 is 1.74 bits per heavy atom. The summed E-state index contributed by atoms with van der Waals surface area (Å²) >= 11 is 0. The van der Waals surface area contributed by atoms with E-state index in [-0.39, 0.29) is 18.2 Å². The van der Waals surface area contributed by atoms with E-state index >= 15 is 0 Å². The van der Waals surface area contributed by atoms with Gasteiger partial charge < -0.3 is 77.5 Å². The van der Waals surface area contributed by atoms with E-state index in [9.17, 15) is 33.7 Å². The molecule has 25 nitrogen and oxygen atoms in total. The molecule has 9 aliphatic rings. The molecule has 66 heavy (non-hydrogen) atoms. The molecule has 8 aliphatic carbocycles. The number of nitrogens with two attached hydrogens (primary N) is 4. The first-order valence-electron chi connectivity index (χ1n) is 22.0.